The first-order valence-electron chi connectivity index (χ1n) is 11.4. The second-order valence-electron chi connectivity index (χ2n) is 8.55. The van der Waals surface area contributed by atoms with Gasteiger partial charge in [0, 0.05) is 25.6 Å². The van der Waals surface area contributed by atoms with Crippen molar-refractivity contribution in [3.63, 3.8) is 0 Å². The van der Waals surface area contributed by atoms with Crippen LogP contribution in [0.25, 0.3) is 0 Å². The molecule has 1 aliphatic heterocycles. The van der Waals surface area contributed by atoms with E-state index in [1.807, 2.05) is 0 Å². The van der Waals surface area contributed by atoms with Crippen LogP contribution in [0.4, 0.5) is 0 Å². The van der Waals surface area contributed by atoms with E-state index in [0.29, 0.717) is 11.8 Å². The molecule has 3 nitrogen and oxygen atoms in total. The van der Waals surface area contributed by atoms with Gasteiger partial charge in [0.05, 0.1) is 6.61 Å². The molecule has 1 rings (SSSR count). The Morgan fingerprint density at radius 3 is 2.35 bits per heavy atom. The van der Waals surface area contributed by atoms with Crippen LogP contribution in [0.1, 0.15) is 104 Å². The molecule has 0 aromatic carbocycles. The SMILES string of the molecule is CCCCCCCCOC[C@@H]1C[C@H](C)CN1CCCCCCCC(C)=O. The van der Waals surface area contributed by atoms with E-state index < -0.39 is 0 Å². The van der Waals surface area contributed by atoms with E-state index in [9.17, 15) is 4.79 Å². The smallest absolute Gasteiger partial charge is 0.129 e. The lowest BCUT2D eigenvalue weighted by atomic mass is 10.1. The number of likely N-dealkylation sites (tertiary alicyclic amines) is 1. The average molecular weight is 368 g/mol. The molecule has 1 heterocycles. The van der Waals surface area contributed by atoms with Crippen LogP contribution in [-0.2, 0) is 9.53 Å². The number of hydrogen-bond acceptors (Lipinski definition) is 3. The molecule has 1 fully saturated rings. The molecular formula is C23H45NO2. The maximum absolute atomic E-state index is 10.9. The number of Topliss-reactive ketones (excluding diaryl/α,β-unsaturated/α-hetero) is 1. The zero-order valence-electron chi connectivity index (χ0n) is 17.9. The predicted octanol–water partition coefficient (Wildman–Crippen LogP) is 6.00. The van der Waals surface area contributed by atoms with Crippen molar-refractivity contribution in [2.75, 3.05) is 26.3 Å². The third-order valence-electron chi connectivity index (χ3n) is 5.66. The second-order valence-corrected chi connectivity index (χ2v) is 8.55. The highest BCUT2D eigenvalue weighted by molar-refractivity contribution is 5.75. The summed E-state index contributed by atoms with van der Waals surface area (Å²) >= 11 is 0. The first-order valence-corrected chi connectivity index (χ1v) is 11.4. The lowest BCUT2D eigenvalue weighted by Gasteiger charge is -2.24. The van der Waals surface area contributed by atoms with Crippen LogP contribution < -0.4 is 0 Å². The average Bonchev–Trinajstić information content (AvgIpc) is 2.95. The summed E-state index contributed by atoms with van der Waals surface area (Å²) in [5.41, 5.74) is 0. The van der Waals surface area contributed by atoms with Crippen LogP contribution in [0, 0.1) is 5.92 Å². The van der Waals surface area contributed by atoms with Gasteiger partial charge in [-0.1, -0.05) is 65.2 Å². The Bertz CT molecular complexity index is 345. The van der Waals surface area contributed by atoms with Crippen molar-refractivity contribution in [2.24, 2.45) is 5.92 Å². The van der Waals surface area contributed by atoms with E-state index in [1.165, 1.54) is 83.7 Å². The molecule has 1 aliphatic rings. The Morgan fingerprint density at radius 1 is 0.962 bits per heavy atom. The van der Waals surface area contributed by atoms with E-state index in [1.54, 1.807) is 6.92 Å². The number of unbranched alkanes of at least 4 members (excludes halogenated alkanes) is 9. The third kappa shape index (κ3) is 12.1. The molecule has 0 saturated carbocycles. The Labute approximate surface area is 163 Å². The molecule has 26 heavy (non-hydrogen) atoms. The van der Waals surface area contributed by atoms with Gasteiger partial charge >= 0.3 is 0 Å². The minimum absolute atomic E-state index is 0.333. The molecule has 0 spiro atoms. The van der Waals surface area contributed by atoms with Gasteiger partial charge in [-0.05, 0) is 45.1 Å². The number of carbonyl (C=O) groups is 1. The minimum atomic E-state index is 0.333. The topological polar surface area (TPSA) is 29.5 Å². The van der Waals surface area contributed by atoms with Crippen molar-refractivity contribution in [3.8, 4) is 0 Å². The summed E-state index contributed by atoms with van der Waals surface area (Å²) in [6.45, 7) is 10.7. The van der Waals surface area contributed by atoms with Crippen molar-refractivity contribution in [1.29, 1.82) is 0 Å². The van der Waals surface area contributed by atoms with Gasteiger partial charge in [0.1, 0.15) is 5.78 Å². The van der Waals surface area contributed by atoms with Crippen molar-refractivity contribution in [2.45, 2.75) is 110 Å². The fourth-order valence-electron chi connectivity index (χ4n) is 4.11. The molecule has 0 amide bonds. The molecule has 3 heteroatoms. The van der Waals surface area contributed by atoms with E-state index in [0.717, 1.165) is 32.0 Å². The van der Waals surface area contributed by atoms with E-state index >= 15 is 0 Å². The Morgan fingerprint density at radius 2 is 1.62 bits per heavy atom. The van der Waals surface area contributed by atoms with Gasteiger partial charge in [-0.2, -0.15) is 0 Å². The zero-order chi connectivity index (χ0) is 19.0. The standard InChI is InChI=1S/C23H45NO2/c1-4-5-6-7-11-14-17-26-20-23-18-21(2)19-24(23)16-13-10-8-9-12-15-22(3)25/h21,23H,4-20H2,1-3H3/t21-,23-/m0/s1. The highest BCUT2D eigenvalue weighted by Crippen LogP contribution is 2.24. The molecule has 0 unspecified atom stereocenters. The van der Waals surface area contributed by atoms with Crippen LogP contribution in [0.3, 0.4) is 0 Å². The van der Waals surface area contributed by atoms with Crippen molar-refractivity contribution in [1.82, 2.24) is 4.90 Å². The Kier molecular flexibility index (Phi) is 14.2. The lowest BCUT2D eigenvalue weighted by molar-refractivity contribution is -0.117. The van der Waals surface area contributed by atoms with Gasteiger partial charge in [-0.15, -0.1) is 0 Å². The van der Waals surface area contributed by atoms with Gasteiger partial charge in [0.25, 0.3) is 0 Å². The quantitative estimate of drug-likeness (QED) is 0.295. The number of nitrogens with zero attached hydrogens (tertiary/aromatic N) is 1. The Hall–Kier alpha value is -0.410. The van der Waals surface area contributed by atoms with Crippen molar-refractivity contribution < 1.29 is 9.53 Å². The number of ether oxygens (including phenoxy) is 1. The van der Waals surface area contributed by atoms with Gasteiger partial charge in [0.15, 0.2) is 0 Å². The third-order valence-corrected chi connectivity index (χ3v) is 5.66. The molecule has 0 N–H and O–H groups in total. The maximum Gasteiger partial charge on any atom is 0.129 e. The summed E-state index contributed by atoms with van der Waals surface area (Å²) in [5.74, 6) is 1.15. The van der Waals surface area contributed by atoms with Crippen LogP contribution in [0.15, 0.2) is 0 Å². The van der Waals surface area contributed by atoms with Gasteiger partial charge in [-0.25, -0.2) is 0 Å². The summed E-state index contributed by atoms with van der Waals surface area (Å²) in [6, 6.07) is 0.641. The largest absolute Gasteiger partial charge is 0.380 e. The first-order chi connectivity index (χ1) is 12.6. The van der Waals surface area contributed by atoms with Crippen LogP contribution in [0.5, 0.6) is 0 Å². The summed E-state index contributed by atoms with van der Waals surface area (Å²) in [7, 11) is 0. The monoisotopic (exact) mass is 367 g/mol. The number of rotatable bonds is 17. The highest BCUT2D eigenvalue weighted by Gasteiger charge is 2.28. The molecule has 0 bridgehead atoms. The number of ketones is 1. The first kappa shape index (κ1) is 23.6. The van der Waals surface area contributed by atoms with Crippen molar-refractivity contribution >= 4 is 5.78 Å². The fourth-order valence-corrected chi connectivity index (χ4v) is 4.11. The van der Waals surface area contributed by atoms with Crippen LogP contribution >= 0.6 is 0 Å². The maximum atomic E-state index is 10.9. The highest BCUT2D eigenvalue weighted by atomic mass is 16.5. The predicted molar refractivity (Wildman–Crippen MR) is 112 cm³/mol. The molecule has 2 atom stereocenters. The molecule has 1 saturated heterocycles. The zero-order valence-corrected chi connectivity index (χ0v) is 17.9. The number of hydrogen-bond donors (Lipinski definition) is 0. The summed E-state index contributed by atoms with van der Waals surface area (Å²) in [4.78, 5) is 13.6. The number of carbonyl (C=O) groups excluding carboxylic acids is 1. The van der Waals surface area contributed by atoms with E-state index in [-0.39, 0.29) is 0 Å². The molecule has 0 aromatic heterocycles. The van der Waals surface area contributed by atoms with E-state index in [2.05, 4.69) is 18.7 Å². The molecule has 0 aliphatic carbocycles. The van der Waals surface area contributed by atoms with Crippen LogP contribution in [0.2, 0.25) is 0 Å². The van der Waals surface area contributed by atoms with Gasteiger partial charge < -0.3 is 9.53 Å². The summed E-state index contributed by atoms with van der Waals surface area (Å²) in [6.07, 6.45) is 16.2. The summed E-state index contributed by atoms with van der Waals surface area (Å²) < 4.78 is 6.01. The molecule has 0 aromatic rings. The van der Waals surface area contributed by atoms with Crippen molar-refractivity contribution in [3.05, 3.63) is 0 Å². The van der Waals surface area contributed by atoms with Gasteiger partial charge in [-0.3, -0.25) is 4.90 Å². The van der Waals surface area contributed by atoms with Gasteiger partial charge in [0.2, 0.25) is 0 Å². The Balaban J connectivity index is 2.02. The minimum Gasteiger partial charge on any atom is -0.380 e. The molecule has 0 radical (unpaired) electrons. The fraction of sp³-hybridized carbons (Fsp3) is 0.957. The van der Waals surface area contributed by atoms with Crippen LogP contribution in [-0.4, -0.2) is 43.0 Å². The molecule has 154 valence electrons. The molecular weight excluding hydrogens is 322 g/mol. The second kappa shape index (κ2) is 15.6. The van der Waals surface area contributed by atoms with E-state index in [4.69, 9.17) is 4.74 Å². The normalized spacial score (nSPS) is 20.7. The lowest BCUT2D eigenvalue weighted by Crippen LogP contribution is -2.34. The summed E-state index contributed by atoms with van der Waals surface area (Å²) in [5, 5.41) is 0.